The number of nitrogens with one attached hydrogen (secondary N) is 1. The molecule has 0 radical (unpaired) electrons. The monoisotopic (exact) mass is 450 g/mol. The third-order valence-corrected chi connectivity index (χ3v) is 5.74. The van der Waals surface area contributed by atoms with Crippen molar-refractivity contribution in [2.45, 2.75) is 6.54 Å². The van der Waals surface area contributed by atoms with Crippen LogP contribution in [0.1, 0.15) is 15.9 Å². The second-order valence-corrected chi connectivity index (χ2v) is 8.02. The molecule has 0 bridgehead atoms. The molecule has 164 valence electrons. The van der Waals surface area contributed by atoms with Crippen LogP contribution in [0.5, 0.6) is 0 Å². The van der Waals surface area contributed by atoms with Gasteiger partial charge in [-0.15, -0.1) is 0 Å². The van der Waals surface area contributed by atoms with E-state index in [4.69, 9.17) is 11.6 Å². The van der Waals surface area contributed by atoms with E-state index < -0.39 is 4.92 Å². The topological polar surface area (TPSA) is 78.7 Å². The lowest BCUT2D eigenvalue weighted by Gasteiger charge is -2.36. The Morgan fingerprint density at radius 3 is 2.41 bits per heavy atom. The SMILES string of the molecule is O=C(c1ccc(NCc2ccccc2)c([N+](=O)[O-])c1)N1CCN(c2cccc(Cl)c2)CC1. The molecule has 1 aliphatic heterocycles. The Bertz CT molecular complexity index is 1120. The fourth-order valence-corrected chi connectivity index (χ4v) is 3.97. The fraction of sp³-hybridized carbons (Fsp3) is 0.208. The van der Waals surface area contributed by atoms with Crippen LogP contribution in [0.4, 0.5) is 17.1 Å². The van der Waals surface area contributed by atoms with Crippen molar-refractivity contribution in [2.75, 3.05) is 36.4 Å². The van der Waals surface area contributed by atoms with Gasteiger partial charge in [0.25, 0.3) is 11.6 Å². The molecular formula is C24H23ClN4O3. The number of nitrogens with zero attached hydrogens (tertiary/aromatic N) is 3. The summed E-state index contributed by atoms with van der Waals surface area (Å²) in [5, 5.41) is 15.4. The van der Waals surface area contributed by atoms with Gasteiger partial charge in [-0.2, -0.15) is 0 Å². The summed E-state index contributed by atoms with van der Waals surface area (Å²) >= 11 is 6.08. The molecule has 1 saturated heterocycles. The van der Waals surface area contributed by atoms with Gasteiger partial charge in [0, 0.05) is 55.1 Å². The van der Waals surface area contributed by atoms with E-state index in [2.05, 4.69) is 10.2 Å². The fourth-order valence-electron chi connectivity index (χ4n) is 3.78. The van der Waals surface area contributed by atoms with Crippen molar-refractivity contribution in [2.24, 2.45) is 0 Å². The van der Waals surface area contributed by atoms with Crippen LogP contribution < -0.4 is 10.2 Å². The highest BCUT2D eigenvalue weighted by Crippen LogP contribution is 2.27. The van der Waals surface area contributed by atoms with Gasteiger partial charge >= 0.3 is 0 Å². The Kier molecular flexibility index (Phi) is 6.56. The molecule has 1 heterocycles. The van der Waals surface area contributed by atoms with Gasteiger partial charge in [-0.1, -0.05) is 48.0 Å². The van der Waals surface area contributed by atoms with Crippen LogP contribution in [0.2, 0.25) is 5.02 Å². The lowest BCUT2D eigenvalue weighted by molar-refractivity contribution is -0.384. The van der Waals surface area contributed by atoms with Gasteiger partial charge in [-0.25, -0.2) is 0 Å². The number of carbonyl (C=O) groups is 1. The second-order valence-electron chi connectivity index (χ2n) is 7.59. The zero-order valence-corrected chi connectivity index (χ0v) is 18.2. The molecule has 7 nitrogen and oxygen atoms in total. The van der Waals surface area contributed by atoms with Gasteiger partial charge in [0.1, 0.15) is 5.69 Å². The molecule has 3 aromatic rings. The lowest BCUT2D eigenvalue weighted by atomic mass is 10.1. The minimum atomic E-state index is -0.457. The van der Waals surface area contributed by atoms with Crippen molar-refractivity contribution in [1.82, 2.24) is 4.90 Å². The summed E-state index contributed by atoms with van der Waals surface area (Å²) in [5.74, 6) is -0.201. The predicted molar refractivity (Wildman–Crippen MR) is 126 cm³/mol. The van der Waals surface area contributed by atoms with Crippen molar-refractivity contribution in [3.63, 3.8) is 0 Å². The molecule has 3 aromatic carbocycles. The minimum Gasteiger partial charge on any atom is -0.375 e. The van der Waals surface area contributed by atoms with Crippen molar-refractivity contribution >= 4 is 34.6 Å². The van der Waals surface area contributed by atoms with Crippen LogP contribution in [-0.4, -0.2) is 41.9 Å². The van der Waals surface area contributed by atoms with E-state index in [1.54, 1.807) is 17.0 Å². The number of piperazine rings is 1. The first-order valence-corrected chi connectivity index (χ1v) is 10.7. The molecule has 0 saturated carbocycles. The number of hydrogen-bond donors (Lipinski definition) is 1. The zero-order valence-electron chi connectivity index (χ0n) is 17.4. The Morgan fingerprint density at radius 2 is 1.72 bits per heavy atom. The minimum absolute atomic E-state index is 0.107. The van der Waals surface area contributed by atoms with E-state index in [0.29, 0.717) is 49.0 Å². The van der Waals surface area contributed by atoms with Gasteiger partial charge in [0.15, 0.2) is 0 Å². The third kappa shape index (κ3) is 5.00. The summed E-state index contributed by atoms with van der Waals surface area (Å²) in [7, 11) is 0. The summed E-state index contributed by atoms with van der Waals surface area (Å²) in [6, 6.07) is 21.9. The number of carbonyl (C=O) groups excluding carboxylic acids is 1. The maximum Gasteiger partial charge on any atom is 0.293 e. The maximum absolute atomic E-state index is 13.0. The molecule has 8 heteroatoms. The normalized spacial score (nSPS) is 13.7. The standard InChI is InChI=1S/C24H23ClN4O3/c25-20-7-4-8-21(16-20)27-11-13-28(14-12-27)24(30)19-9-10-22(23(15-19)29(31)32)26-17-18-5-2-1-3-6-18/h1-10,15-16,26H,11-14,17H2. The summed E-state index contributed by atoms with van der Waals surface area (Å²) in [6.45, 7) is 2.87. The third-order valence-electron chi connectivity index (χ3n) is 5.51. The largest absolute Gasteiger partial charge is 0.375 e. The first kappa shape index (κ1) is 21.6. The second kappa shape index (κ2) is 9.70. The Balaban J connectivity index is 1.43. The van der Waals surface area contributed by atoms with Gasteiger partial charge in [0.2, 0.25) is 0 Å². The van der Waals surface area contributed by atoms with Gasteiger partial charge in [0.05, 0.1) is 4.92 Å². The number of halogens is 1. The average molecular weight is 451 g/mol. The molecule has 0 atom stereocenters. The summed E-state index contributed by atoms with van der Waals surface area (Å²) in [4.78, 5) is 28.1. The number of nitro groups is 1. The van der Waals surface area contributed by atoms with Crippen LogP contribution in [-0.2, 0) is 6.54 Å². The molecule has 1 aliphatic rings. The van der Waals surface area contributed by atoms with Crippen molar-refractivity contribution in [3.05, 3.63) is 99.1 Å². The van der Waals surface area contributed by atoms with Crippen molar-refractivity contribution < 1.29 is 9.72 Å². The lowest BCUT2D eigenvalue weighted by Crippen LogP contribution is -2.48. The molecule has 1 N–H and O–H groups in total. The first-order valence-electron chi connectivity index (χ1n) is 10.4. The molecule has 4 rings (SSSR count). The predicted octanol–water partition coefficient (Wildman–Crippen LogP) is 4.82. The highest BCUT2D eigenvalue weighted by Gasteiger charge is 2.25. The highest BCUT2D eigenvalue weighted by atomic mass is 35.5. The molecule has 0 aliphatic carbocycles. The van der Waals surface area contributed by atoms with Crippen LogP contribution in [0, 0.1) is 10.1 Å². The number of rotatable bonds is 6. The Hall–Kier alpha value is -3.58. The van der Waals surface area contributed by atoms with Crippen molar-refractivity contribution in [1.29, 1.82) is 0 Å². The van der Waals surface area contributed by atoms with E-state index in [-0.39, 0.29) is 11.6 Å². The highest BCUT2D eigenvalue weighted by molar-refractivity contribution is 6.30. The number of amides is 1. The van der Waals surface area contributed by atoms with E-state index in [9.17, 15) is 14.9 Å². The quantitative estimate of drug-likeness (QED) is 0.430. The van der Waals surface area contributed by atoms with E-state index in [0.717, 1.165) is 11.3 Å². The van der Waals surface area contributed by atoms with E-state index in [1.165, 1.54) is 6.07 Å². The van der Waals surface area contributed by atoms with Crippen LogP contribution in [0.3, 0.4) is 0 Å². The molecule has 1 amide bonds. The number of benzene rings is 3. The summed E-state index contributed by atoms with van der Waals surface area (Å²) in [6.07, 6.45) is 0. The summed E-state index contributed by atoms with van der Waals surface area (Å²) < 4.78 is 0. The Morgan fingerprint density at radius 1 is 0.969 bits per heavy atom. The molecule has 0 spiro atoms. The van der Waals surface area contributed by atoms with Crippen LogP contribution in [0.25, 0.3) is 0 Å². The molecule has 32 heavy (non-hydrogen) atoms. The number of anilines is 2. The molecule has 1 fully saturated rings. The number of nitro benzene ring substituents is 1. The van der Waals surface area contributed by atoms with Crippen LogP contribution in [0.15, 0.2) is 72.8 Å². The maximum atomic E-state index is 13.0. The van der Waals surface area contributed by atoms with E-state index >= 15 is 0 Å². The summed E-state index contributed by atoms with van der Waals surface area (Å²) in [5.41, 5.74) is 2.64. The molecular weight excluding hydrogens is 428 g/mol. The van der Waals surface area contributed by atoms with Crippen LogP contribution >= 0.6 is 11.6 Å². The zero-order chi connectivity index (χ0) is 22.5. The molecule has 0 unspecified atom stereocenters. The van der Waals surface area contributed by atoms with E-state index in [1.807, 2.05) is 54.6 Å². The van der Waals surface area contributed by atoms with Gasteiger partial charge in [-0.05, 0) is 35.9 Å². The smallest absolute Gasteiger partial charge is 0.293 e. The van der Waals surface area contributed by atoms with Gasteiger partial charge in [-0.3, -0.25) is 14.9 Å². The Labute approximate surface area is 191 Å². The average Bonchev–Trinajstić information content (AvgIpc) is 2.83. The van der Waals surface area contributed by atoms with Crippen molar-refractivity contribution in [3.8, 4) is 0 Å². The number of hydrogen-bond acceptors (Lipinski definition) is 5. The molecule has 0 aromatic heterocycles. The first-order chi connectivity index (χ1) is 15.5. The van der Waals surface area contributed by atoms with Gasteiger partial charge < -0.3 is 15.1 Å².